The zero-order chi connectivity index (χ0) is 16.9. The predicted octanol–water partition coefficient (Wildman–Crippen LogP) is 2.99. The Morgan fingerprint density at radius 2 is 2.12 bits per heavy atom. The number of piperidine rings is 1. The van der Waals surface area contributed by atoms with Crippen molar-refractivity contribution < 1.29 is 13.9 Å². The molecule has 0 saturated carbocycles. The Kier molecular flexibility index (Phi) is 5.20. The van der Waals surface area contributed by atoms with Gasteiger partial charge in [0.25, 0.3) is 5.91 Å². The Morgan fingerprint density at radius 3 is 2.75 bits per heavy atom. The SMILES string of the molecule is COc1ccc(CNC2CCN(C(=O)c3ccco3)CC2)cc1C. The number of aryl methyl sites for hydroxylation is 1. The minimum atomic E-state index is -0.00997. The van der Waals surface area contributed by atoms with Gasteiger partial charge in [0.2, 0.25) is 0 Å². The number of benzene rings is 1. The highest BCUT2D eigenvalue weighted by Crippen LogP contribution is 2.19. The summed E-state index contributed by atoms with van der Waals surface area (Å²) in [7, 11) is 1.69. The molecular formula is C19H24N2O3. The van der Waals surface area contributed by atoms with Gasteiger partial charge in [0.05, 0.1) is 13.4 Å². The van der Waals surface area contributed by atoms with Crippen LogP contribution in [0, 0.1) is 6.92 Å². The van der Waals surface area contributed by atoms with Crippen LogP contribution in [0.3, 0.4) is 0 Å². The largest absolute Gasteiger partial charge is 0.496 e. The molecule has 5 nitrogen and oxygen atoms in total. The lowest BCUT2D eigenvalue weighted by atomic mass is 10.0. The third-order valence-electron chi connectivity index (χ3n) is 4.57. The maximum Gasteiger partial charge on any atom is 0.289 e. The molecule has 5 heteroatoms. The van der Waals surface area contributed by atoms with Gasteiger partial charge in [0.1, 0.15) is 5.75 Å². The van der Waals surface area contributed by atoms with Crippen molar-refractivity contribution in [1.29, 1.82) is 0 Å². The molecule has 1 aromatic carbocycles. The van der Waals surface area contributed by atoms with Crippen molar-refractivity contribution >= 4 is 5.91 Å². The second-order valence-corrected chi connectivity index (χ2v) is 6.23. The third-order valence-corrected chi connectivity index (χ3v) is 4.57. The topological polar surface area (TPSA) is 54.7 Å². The average Bonchev–Trinajstić information content (AvgIpc) is 3.14. The molecule has 1 fully saturated rings. The second-order valence-electron chi connectivity index (χ2n) is 6.23. The van der Waals surface area contributed by atoms with Gasteiger partial charge in [0, 0.05) is 25.7 Å². The highest BCUT2D eigenvalue weighted by atomic mass is 16.5. The van der Waals surface area contributed by atoms with E-state index in [1.54, 1.807) is 25.5 Å². The Bertz CT molecular complexity index is 674. The van der Waals surface area contributed by atoms with Crippen molar-refractivity contribution in [3.63, 3.8) is 0 Å². The number of hydrogen-bond donors (Lipinski definition) is 1. The van der Waals surface area contributed by atoms with Crippen LogP contribution in [0.4, 0.5) is 0 Å². The highest BCUT2D eigenvalue weighted by molar-refractivity contribution is 5.91. The summed E-state index contributed by atoms with van der Waals surface area (Å²) in [4.78, 5) is 14.1. The standard InChI is InChI=1S/C19H24N2O3/c1-14-12-15(5-6-17(14)23-2)13-20-16-7-9-21(10-8-16)19(22)18-4-3-11-24-18/h3-6,11-12,16,20H,7-10,13H2,1-2H3. The van der Waals surface area contributed by atoms with E-state index >= 15 is 0 Å². The number of likely N-dealkylation sites (tertiary alicyclic amines) is 1. The fraction of sp³-hybridized carbons (Fsp3) is 0.421. The van der Waals surface area contributed by atoms with Gasteiger partial charge in [-0.2, -0.15) is 0 Å². The summed E-state index contributed by atoms with van der Waals surface area (Å²) in [5, 5.41) is 3.59. The molecular weight excluding hydrogens is 304 g/mol. The number of methoxy groups -OCH3 is 1. The van der Waals surface area contributed by atoms with Gasteiger partial charge in [-0.15, -0.1) is 0 Å². The molecule has 0 atom stereocenters. The van der Waals surface area contributed by atoms with Crippen LogP contribution in [0.25, 0.3) is 0 Å². The third kappa shape index (κ3) is 3.79. The summed E-state index contributed by atoms with van der Waals surface area (Å²) in [5.74, 6) is 1.34. The maximum atomic E-state index is 12.2. The van der Waals surface area contributed by atoms with E-state index in [2.05, 4.69) is 24.4 Å². The predicted molar refractivity (Wildman–Crippen MR) is 92.2 cm³/mol. The van der Waals surface area contributed by atoms with Crippen molar-refractivity contribution in [1.82, 2.24) is 10.2 Å². The number of carbonyl (C=O) groups excluding carboxylic acids is 1. The van der Waals surface area contributed by atoms with Gasteiger partial charge in [0.15, 0.2) is 5.76 Å². The maximum absolute atomic E-state index is 12.2. The second kappa shape index (κ2) is 7.53. The molecule has 1 N–H and O–H groups in total. The molecule has 2 aromatic rings. The highest BCUT2D eigenvalue weighted by Gasteiger charge is 2.24. The Balaban J connectivity index is 1.47. The lowest BCUT2D eigenvalue weighted by molar-refractivity contribution is 0.0672. The molecule has 0 radical (unpaired) electrons. The molecule has 0 unspecified atom stereocenters. The molecule has 0 spiro atoms. The van der Waals surface area contributed by atoms with Gasteiger partial charge in [-0.25, -0.2) is 0 Å². The van der Waals surface area contributed by atoms with E-state index in [4.69, 9.17) is 9.15 Å². The van der Waals surface area contributed by atoms with E-state index in [-0.39, 0.29) is 5.91 Å². The molecule has 1 saturated heterocycles. The van der Waals surface area contributed by atoms with E-state index in [1.165, 1.54) is 5.56 Å². The first-order valence-corrected chi connectivity index (χ1v) is 8.37. The number of carbonyl (C=O) groups is 1. The van der Waals surface area contributed by atoms with Crippen LogP contribution in [0.2, 0.25) is 0 Å². The van der Waals surface area contributed by atoms with Crippen LogP contribution in [0.5, 0.6) is 5.75 Å². The fourth-order valence-corrected chi connectivity index (χ4v) is 3.16. The van der Waals surface area contributed by atoms with Crippen LogP contribution in [-0.2, 0) is 6.54 Å². The number of rotatable bonds is 5. The van der Waals surface area contributed by atoms with Gasteiger partial charge >= 0.3 is 0 Å². The summed E-state index contributed by atoms with van der Waals surface area (Å²) in [6.07, 6.45) is 3.46. The zero-order valence-corrected chi connectivity index (χ0v) is 14.2. The molecule has 1 aromatic heterocycles. The van der Waals surface area contributed by atoms with Crippen molar-refractivity contribution in [2.24, 2.45) is 0 Å². The number of furan rings is 1. The van der Waals surface area contributed by atoms with Crippen molar-refractivity contribution in [3.8, 4) is 5.75 Å². The van der Waals surface area contributed by atoms with Crippen molar-refractivity contribution in [2.75, 3.05) is 20.2 Å². The lowest BCUT2D eigenvalue weighted by Crippen LogP contribution is -2.44. The molecule has 1 aliphatic heterocycles. The van der Waals surface area contributed by atoms with Crippen LogP contribution in [-0.4, -0.2) is 37.0 Å². The van der Waals surface area contributed by atoms with Gasteiger partial charge in [-0.3, -0.25) is 4.79 Å². The van der Waals surface area contributed by atoms with Crippen molar-refractivity contribution in [2.45, 2.75) is 32.4 Å². The quantitative estimate of drug-likeness (QED) is 0.917. The Hall–Kier alpha value is -2.27. The Labute approximate surface area is 142 Å². The first kappa shape index (κ1) is 16.6. The number of hydrogen-bond acceptors (Lipinski definition) is 4. The minimum Gasteiger partial charge on any atom is -0.496 e. The molecule has 0 bridgehead atoms. The fourth-order valence-electron chi connectivity index (χ4n) is 3.16. The molecule has 1 aliphatic rings. The lowest BCUT2D eigenvalue weighted by Gasteiger charge is -2.32. The summed E-state index contributed by atoms with van der Waals surface area (Å²) in [5.41, 5.74) is 2.40. The number of nitrogens with zero attached hydrogens (tertiary/aromatic N) is 1. The van der Waals surface area contributed by atoms with Gasteiger partial charge in [-0.05, 0) is 49.1 Å². The number of nitrogens with one attached hydrogen (secondary N) is 1. The van der Waals surface area contributed by atoms with E-state index in [1.807, 2.05) is 11.0 Å². The monoisotopic (exact) mass is 328 g/mol. The van der Waals surface area contributed by atoms with Gasteiger partial charge in [-0.1, -0.05) is 12.1 Å². The summed E-state index contributed by atoms with van der Waals surface area (Å²) < 4.78 is 10.5. The molecule has 128 valence electrons. The first-order valence-electron chi connectivity index (χ1n) is 8.37. The van der Waals surface area contributed by atoms with Crippen LogP contribution in [0.15, 0.2) is 41.0 Å². The van der Waals surface area contributed by atoms with Crippen LogP contribution >= 0.6 is 0 Å². The smallest absolute Gasteiger partial charge is 0.289 e. The molecule has 2 heterocycles. The number of amides is 1. The molecule has 3 rings (SSSR count). The van der Waals surface area contributed by atoms with Gasteiger partial charge < -0.3 is 19.4 Å². The molecule has 0 aliphatic carbocycles. The Morgan fingerprint density at radius 1 is 1.33 bits per heavy atom. The van der Waals surface area contributed by atoms with E-state index in [9.17, 15) is 4.79 Å². The molecule has 24 heavy (non-hydrogen) atoms. The van der Waals surface area contributed by atoms with Crippen LogP contribution < -0.4 is 10.1 Å². The summed E-state index contributed by atoms with van der Waals surface area (Å²) in [6.45, 7) is 4.42. The van der Waals surface area contributed by atoms with E-state index < -0.39 is 0 Å². The van der Waals surface area contributed by atoms with E-state index in [0.717, 1.165) is 43.8 Å². The summed E-state index contributed by atoms with van der Waals surface area (Å²) in [6, 6.07) is 10.2. The minimum absolute atomic E-state index is 0.00997. The van der Waals surface area contributed by atoms with E-state index in [0.29, 0.717) is 11.8 Å². The normalized spacial score (nSPS) is 15.5. The van der Waals surface area contributed by atoms with Crippen molar-refractivity contribution in [3.05, 3.63) is 53.5 Å². The first-order chi connectivity index (χ1) is 11.7. The van der Waals surface area contributed by atoms with Crippen LogP contribution in [0.1, 0.15) is 34.5 Å². The average molecular weight is 328 g/mol. The number of ether oxygens (including phenoxy) is 1. The zero-order valence-electron chi connectivity index (χ0n) is 14.2. The summed E-state index contributed by atoms with van der Waals surface area (Å²) >= 11 is 0. The molecule has 1 amide bonds.